The quantitative estimate of drug-likeness (QED) is 0.295. The molecule has 39 heavy (non-hydrogen) atoms. The summed E-state index contributed by atoms with van der Waals surface area (Å²) in [5.74, 6) is 1.15. The van der Waals surface area contributed by atoms with Crippen LogP contribution in [-0.2, 0) is 16.0 Å². The molecule has 3 heterocycles. The van der Waals surface area contributed by atoms with Crippen LogP contribution in [0.2, 0.25) is 0 Å². The van der Waals surface area contributed by atoms with Gasteiger partial charge in [0.15, 0.2) is 5.75 Å². The predicted octanol–water partition coefficient (Wildman–Crippen LogP) is -0.865. The summed E-state index contributed by atoms with van der Waals surface area (Å²) in [6, 6.07) is 6.95. The molecule has 4 rings (SSSR count). The molecule has 3 aromatic rings. The van der Waals surface area contributed by atoms with Gasteiger partial charge in [0.1, 0.15) is 29.4 Å². The Kier molecular flexibility index (Phi) is 8.77. The van der Waals surface area contributed by atoms with E-state index in [1.807, 2.05) is 35.7 Å². The average Bonchev–Trinajstić information content (AvgIpc) is 3.36. The maximum absolute atomic E-state index is 13.1. The Morgan fingerprint density at radius 2 is 1.92 bits per heavy atom. The fourth-order valence-corrected chi connectivity index (χ4v) is 3.93. The van der Waals surface area contributed by atoms with Gasteiger partial charge < -0.3 is 29.4 Å². The number of para-hydroxylation sites is 1. The Bertz CT molecular complexity index is 1330. The van der Waals surface area contributed by atoms with Crippen molar-refractivity contribution < 1.29 is 28.3 Å². The average molecular weight is 533 g/mol. The number of anilines is 3. The van der Waals surface area contributed by atoms with Gasteiger partial charge in [0.25, 0.3) is 5.91 Å². The van der Waals surface area contributed by atoms with Gasteiger partial charge in [0.2, 0.25) is 11.7 Å². The summed E-state index contributed by atoms with van der Waals surface area (Å²) in [4.78, 5) is 35.8. The summed E-state index contributed by atoms with van der Waals surface area (Å²) in [5, 5.41) is 12.4. The number of rotatable bonds is 9. The van der Waals surface area contributed by atoms with Crippen molar-refractivity contribution in [1.82, 2.24) is 25.3 Å². The van der Waals surface area contributed by atoms with E-state index in [4.69, 9.17) is 14.0 Å². The number of morpholine rings is 1. The number of amides is 2. The minimum absolute atomic E-state index is 0.192. The number of nitrogens with zero attached hydrogens (tertiary/aromatic N) is 4. The number of pyridine rings is 1. The maximum atomic E-state index is 13.1. The maximum Gasteiger partial charge on any atom is 0.412 e. The van der Waals surface area contributed by atoms with Crippen LogP contribution in [0.1, 0.15) is 16.2 Å². The van der Waals surface area contributed by atoms with Crippen molar-refractivity contribution in [3.63, 3.8) is 0 Å². The second-order valence-corrected chi connectivity index (χ2v) is 9.85. The molecule has 2 aromatic heterocycles. The third-order valence-electron chi connectivity index (χ3n) is 5.71. The van der Waals surface area contributed by atoms with Crippen molar-refractivity contribution in [2.45, 2.75) is 11.8 Å². The highest BCUT2D eigenvalue weighted by atomic mass is 16.5. The number of carbonyl (C=O) groups excluding carboxylic acids is 2. The second-order valence-electron chi connectivity index (χ2n) is 9.85. The summed E-state index contributed by atoms with van der Waals surface area (Å²) >= 11 is 0. The molecule has 0 radical (unpaired) electrons. The van der Waals surface area contributed by atoms with Gasteiger partial charge in [-0.1, -0.05) is 11.2 Å². The third-order valence-corrected chi connectivity index (χ3v) is 5.71. The Hall–Kier alpha value is -4.04. The highest BCUT2D eigenvalue weighted by molar-refractivity contribution is 6.60. The smallest absolute Gasteiger partial charge is 0.412 e. The first-order valence-corrected chi connectivity index (χ1v) is 12.4. The number of methoxy groups -OCH3 is 2. The van der Waals surface area contributed by atoms with E-state index in [0.29, 0.717) is 54.2 Å². The minimum atomic E-state index is -0.690. The third kappa shape index (κ3) is 7.30. The van der Waals surface area contributed by atoms with E-state index in [-0.39, 0.29) is 17.3 Å². The number of nitrogens with one attached hydrogen (secondary N) is 3. The van der Waals surface area contributed by atoms with E-state index in [0.717, 1.165) is 13.1 Å². The molecule has 1 aliphatic heterocycles. The van der Waals surface area contributed by atoms with Crippen molar-refractivity contribution >= 4 is 52.7 Å². The Labute approximate surface area is 228 Å². The number of aromatic nitrogens is 3. The summed E-state index contributed by atoms with van der Waals surface area (Å²) in [6.07, 6.45) is 0.687. The molecule has 0 atom stereocenters. The fourth-order valence-electron chi connectivity index (χ4n) is 3.93. The van der Waals surface area contributed by atoms with E-state index >= 15 is 0 Å². The van der Waals surface area contributed by atoms with Crippen molar-refractivity contribution in [2.75, 3.05) is 51.2 Å². The lowest BCUT2D eigenvalue weighted by molar-refractivity contribution is 0.0297. The molecule has 202 valence electrons. The van der Waals surface area contributed by atoms with Gasteiger partial charge in [-0.3, -0.25) is 15.0 Å². The van der Waals surface area contributed by atoms with Gasteiger partial charge in [-0.05, 0) is 17.4 Å². The molecule has 3 N–H and O–H groups in total. The molecule has 1 saturated heterocycles. The first-order valence-electron chi connectivity index (χ1n) is 12.4. The zero-order chi connectivity index (χ0) is 28.0. The van der Waals surface area contributed by atoms with Crippen LogP contribution in [0.5, 0.6) is 5.75 Å². The number of hydrogen-bond acceptors (Lipinski definition) is 11. The van der Waals surface area contributed by atoms with E-state index in [1.54, 1.807) is 6.07 Å². The predicted molar refractivity (Wildman–Crippen MR) is 152 cm³/mol. The van der Waals surface area contributed by atoms with E-state index in [9.17, 15) is 9.59 Å². The molecule has 0 bridgehead atoms. The number of ether oxygens (including phenoxy) is 3. The van der Waals surface area contributed by atoms with Crippen LogP contribution in [-0.4, -0.2) is 101 Å². The van der Waals surface area contributed by atoms with Crippen LogP contribution in [0, 0.1) is 0 Å². The number of carbonyl (C=O) groups is 2. The van der Waals surface area contributed by atoms with Crippen molar-refractivity contribution in [3.8, 4) is 17.1 Å². The van der Waals surface area contributed by atoms with Crippen molar-refractivity contribution in [1.29, 1.82) is 0 Å². The number of hydrogen-bond donors (Lipinski definition) is 3. The van der Waals surface area contributed by atoms with Gasteiger partial charge in [-0.2, -0.15) is 4.98 Å². The van der Waals surface area contributed by atoms with Gasteiger partial charge in [0.05, 0.1) is 56.5 Å². The minimum Gasteiger partial charge on any atom is -0.494 e. The molecule has 2 amide bonds. The fraction of sp³-hybridized carbons (Fsp3) is 0.348. The summed E-state index contributed by atoms with van der Waals surface area (Å²) in [7, 11) is 8.42. The molecule has 1 aromatic carbocycles. The van der Waals surface area contributed by atoms with E-state index in [1.165, 1.54) is 26.5 Å². The first kappa shape index (κ1) is 28.0. The first-order chi connectivity index (χ1) is 18.7. The zero-order valence-corrected chi connectivity index (χ0v) is 22.7. The van der Waals surface area contributed by atoms with Crippen LogP contribution in [0.3, 0.4) is 0 Å². The summed E-state index contributed by atoms with van der Waals surface area (Å²) < 4.78 is 21.3. The topological polar surface area (TPSA) is 153 Å². The molecule has 0 spiro atoms. The Balaban J connectivity index is 1.65. The molecule has 0 saturated carbocycles. The zero-order valence-electron chi connectivity index (χ0n) is 22.7. The molecule has 0 unspecified atom stereocenters. The largest absolute Gasteiger partial charge is 0.494 e. The van der Waals surface area contributed by atoms with Crippen LogP contribution < -0.4 is 20.7 Å². The molecule has 16 heteroatoms. The summed E-state index contributed by atoms with van der Waals surface area (Å²) in [6.45, 7) is 3.46. The lowest BCUT2D eigenvalue weighted by Crippen LogP contribution is -2.50. The lowest BCUT2D eigenvalue weighted by Gasteiger charge is -2.24. The monoisotopic (exact) mass is 533 g/mol. The molecule has 1 fully saturated rings. The van der Waals surface area contributed by atoms with Crippen molar-refractivity contribution in [3.05, 3.63) is 41.9 Å². The van der Waals surface area contributed by atoms with E-state index < -0.39 is 11.3 Å². The highest BCUT2D eigenvalue weighted by Gasteiger charge is 2.23. The van der Waals surface area contributed by atoms with Gasteiger partial charge in [-0.25, -0.2) is 9.78 Å². The van der Waals surface area contributed by atoms with Crippen LogP contribution in [0.15, 0.2) is 35.0 Å². The lowest BCUT2D eigenvalue weighted by atomic mass is 9.49. The Morgan fingerprint density at radius 1 is 1.15 bits per heavy atom. The second kappa shape index (κ2) is 12.2. The van der Waals surface area contributed by atoms with Gasteiger partial charge in [0, 0.05) is 25.4 Å². The molecule has 1 aliphatic rings. The van der Waals surface area contributed by atoms with Crippen LogP contribution in [0.4, 0.5) is 22.0 Å². The highest BCUT2D eigenvalue weighted by Crippen LogP contribution is 2.37. The SMILES string of the molecule is BC(B)(B)NC(=O)c1cnc(NC(=O)OC)cc1Nc1cccc(-c2noc(CN3CCOCC3)n2)c1OC. The standard InChI is InChI=1S/C23H30B3N7O6/c1-36-19-13(20-30-18(39-32-20)12-33-6-8-38-9-7-33)4-3-5-15(19)28-16-10-17(29-22(35)37-2)27-11-14(16)21(34)31-23(24,25)26/h3-5,10-11H,6-9,12,24-26H2,1-2H3,(H,31,34)(H2,27,28,29,35). The number of benzene rings is 1. The molecule has 0 aliphatic carbocycles. The van der Waals surface area contributed by atoms with Gasteiger partial charge in [-0.15, -0.1) is 0 Å². The molecular weight excluding hydrogens is 503 g/mol. The van der Waals surface area contributed by atoms with Crippen LogP contribution in [0.25, 0.3) is 11.4 Å². The molecular formula is C23H30B3N7O6. The normalized spacial score (nSPS) is 13.9. The van der Waals surface area contributed by atoms with Gasteiger partial charge >= 0.3 is 6.09 Å². The Morgan fingerprint density at radius 3 is 2.62 bits per heavy atom. The summed E-state index contributed by atoms with van der Waals surface area (Å²) in [5.41, 5.74) is 1.78. The van der Waals surface area contributed by atoms with E-state index in [2.05, 4.69) is 40.7 Å². The van der Waals surface area contributed by atoms with Crippen LogP contribution >= 0.6 is 0 Å². The molecule has 13 nitrogen and oxygen atoms in total. The van der Waals surface area contributed by atoms with Crippen molar-refractivity contribution in [2.24, 2.45) is 0 Å².